The lowest BCUT2D eigenvalue weighted by molar-refractivity contribution is -0.0886. The molecule has 3 aromatic carbocycles. The second-order valence-electron chi connectivity index (χ2n) is 8.85. The number of carbonyl (C=O) groups is 3. The van der Waals surface area contributed by atoms with Crippen LogP contribution in [0.5, 0.6) is 0 Å². The van der Waals surface area contributed by atoms with Gasteiger partial charge in [0, 0.05) is 0 Å². The molecule has 1 aliphatic heterocycles. The monoisotopic (exact) mass is 488 g/mol. The minimum absolute atomic E-state index is 0.335. The number of benzene rings is 3. The maximum absolute atomic E-state index is 13.0. The molecule has 0 aliphatic carbocycles. The lowest BCUT2D eigenvalue weighted by atomic mass is 9.91. The van der Waals surface area contributed by atoms with Gasteiger partial charge in [-0.25, -0.2) is 14.4 Å². The zero-order chi connectivity index (χ0) is 25.7. The van der Waals surface area contributed by atoms with Crippen molar-refractivity contribution in [3.8, 4) is 0 Å². The molecule has 0 radical (unpaired) electrons. The van der Waals surface area contributed by atoms with Crippen molar-refractivity contribution in [2.45, 2.75) is 50.8 Å². The molecule has 1 saturated heterocycles. The summed E-state index contributed by atoms with van der Waals surface area (Å²) in [6.45, 7) is 5.05. The Bertz CT molecular complexity index is 1200. The molecule has 1 fully saturated rings. The van der Waals surface area contributed by atoms with E-state index >= 15 is 0 Å². The van der Waals surface area contributed by atoms with Crippen LogP contribution in [0, 0.1) is 0 Å². The van der Waals surface area contributed by atoms with Gasteiger partial charge in [0.25, 0.3) is 0 Å². The van der Waals surface area contributed by atoms with E-state index < -0.39 is 47.9 Å². The summed E-state index contributed by atoms with van der Waals surface area (Å²) in [5.74, 6) is -1.72. The van der Waals surface area contributed by atoms with Crippen LogP contribution in [0.25, 0.3) is 0 Å². The first kappa shape index (κ1) is 25.1. The van der Waals surface area contributed by atoms with Gasteiger partial charge in [0.1, 0.15) is 12.2 Å². The Hall–Kier alpha value is -3.97. The predicted octanol–water partition coefficient (Wildman–Crippen LogP) is 4.86. The molecular weight excluding hydrogens is 460 g/mol. The topological polar surface area (TPSA) is 88.1 Å². The molecule has 4 rings (SSSR count). The standard InChI is InChI=1S/C29H28O7/c1-19(33-26(30)21-13-7-4-8-14-21)24-25(35-27(31)22-15-9-5-10-16-22)29(3,20(2)34-24)36-28(32)23-17-11-6-12-18-23/h4-20,24-25H,1-3H3. The van der Waals surface area contributed by atoms with E-state index in [9.17, 15) is 14.4 Å². The molecule has 0 bridgehead atoms. The van der Waals surface area contributed by atoms with Crippen molar-refractivity contribution >= 4 is 17.9 Å². The Morgan fingerprint density at radius 1 is 0.750 bits per heavy atom. The average molecular weight is 489 g/mol. The molecule has 186 valence electrons. The van der Waals surface area contributed by atoms with Crippen molar-refractivity contribution in [1.82, 2.24) is 0 Å². The molecule has 0 spiro atoms. The summed E-state index contributed by atoms with van der Waals surface area (Å²) in [5, 5.41) is 0. The van der Waals surface area contributed by atoms with Crippen molar-refractivity contribution in [2.75, 3.05) is 0 Å². The molecule has 5 atom stereocenters. The molecule has 7 heteroatoms. The van der Waals surface area contributed by atoms with E-state index in [2.05, 4.69) is 0 Å². The SMILES string of the molecule is CC(OC(=O)c1ccccc1)C1OC(C)C(C)(OC(=O)c2ccccc2)C1OC(=O)c1ccccc1. The van der Waals surface area contributed by atoms with Crippen molar-refractivity contribution in [3.05, 3.63) is 108 Å². The van der Waals surface area contributed by atoms with E-state index in [1.165, 1.54) is 0 Å². The molecular formula is C29H28O7. The highest BCUT2D eigenvalue weighted by Crippen LogP contribution is 2.39. The average Bonchev–Trinajstić information content (AvgIpc) is 3.15. The highest BCUT2D eigenvalue weighted by molar-refractivity contribution is 5.91. The van der Waals surface area contributed by atoms with Crippen LogP contribution < -0.4 is 0 Å². The van der Waals surface area contributed by atoms with Gasteiger partial charge in [-0.3, -0.25) is 0 Å². The first-order chi connectivity index (χ1) is 17.3. The minimum atomic E-state index is -1.35. The minimum Gasteiger partial charge on any atom is -0.456 e. The Morgan fingerprint density at radius 2 is 1.19 bits per heavy atom. The molecule has 1 aliphatic rings. The highest BCUT2D eigenvalue weighted by atomic mass is 16.7. The molecule has 7 nitrogen and oxygen atoms in total. The first-order valence-electron chi connectivity index (χ1n) is 11.8. The molecule has 0 N–H and O–H groups in total. The first-order valence-corrected chi connectivity index (χ1v) is 11.8. The highest BCUT2D eigenvalue weighted by Gasteiger charge is 2.59. The van der Waals surface area contributed by atoms with Gasteiger partial charge in [-0.2, -0.15) is 0 Å². The quantitative estimate of drug-likeness (QED) is 0.347. The number of ether oxygens (including phenoxy) is 4. The van der Waals surface area contributed by atoms with E-state index in [1.54, 1.807) is 112 Å². The predicted molar refractivity (Wildman–Crippen MR) is 132 cm³/mol. The van der Waals surface area contributed by atoms with E-state index in [1.807, 2.05) is 0 Å². The van der Waals surface area contributed by atoms with Crippen LogP contribution in [-0.2, 0) is 18.9 Å². The largest absolute Gasteiger partial charge is 0.456 e. The van der Waals surface area contributed by atoms with Gasteiger partial charge < -0.3 is 18.9 Å². The van der Waals surface area contributed by atoms with Crippen LogP contribution in [0.15, 0.2) is 91.0 Å². The Balaban J connectivity index is 1.61. The number of esters is 3. The third-order valence-electron chi connectivity index (χ3n) is 6.36. The fourth-order valence-corrected chi connectivity index (χ4v) is 4.15. The molecule has 3 aromatic rings. The smallest absolute Gasteiger partial charge is 0.338 e. The summed E-state index contributed by atoms with van der Waals surface area (Å²) in [4.78, 5) is 38.7. The maximum Gasteiger partial charge on any atom is 0.338 e. The Kier molecular flexibility index (Phi) is 7.50. The van der Waals surface area contributed by atoms with Gasteiger partial charge in [0.2, 0.25) is 0 Å². The second kappa shape index (κ2) is 10.7. The molecule has 0 saturated carbocycles. The molecule has 1 heterocycles. The normalized spacial score (nSPS) is 23.9. The van der Waals surface area contributed by atoms with Gasteiger partial charge in [0.05, 0.1) is 22.8 Å². The summed E-state index contributed by atoms with van der Waals surface area (Å²) in [6, 6.07) is 25.6. The van der Waals surface area contributed by atoms with Gasteiger partial charge in [0.15, 0.2) is 11.7 Å². The van der Waals surface area contributed by atoms with Gasteiger partial charge in [-0.15, -0.1) is 0 Å². The molecule has 0 aromatic heterocycles. The van der Waals surface area contributed by atoms with E-state index in [0.29, 0.717) is 16.7 Å². The Morgan fingerprint density at radius 3 is 1.69 bits per heavy atom. The van der Waals surface area contributed by atoms with Crippen molar-refractivity contribution < 1.29 is 33.3 Å². The summed E-state index contributed by atoms with van der Waals surface area (Å²) < 4.78 is 23.6. The molecule has 0 amide bonds. The second-order valence-corrected chi connectivity index (χ2v) is 8.85. The van der Waals surface area contributed by atoms with Crippen LogP contribution in [0.3, 0.4) is 0 Å². The van der Waals surface area contributed by atoms with Crippen LogP contribution >= 0.6 is 0 Å². The number of carbonyl (C=O) groups excluding carboxylic acids is 3. The number of hydrogen-bond donors (Lipinski definition) is 0. The van der Waals surface area contributed by atoms with Crippen LogP contribution in [-0.4, -0.2) is 47.9 Å². The van der Waals surface area contributed by atoms with Crippen molar-refractivity contribution in [2.24, 2.45) is 0 Å². The number of rotatable bonds is 7. The lowest BCUT2D eigenvalue weighted by Gasteiger charge is -2.34. The van der Waals surface area contributed by atoms with E-state index in [-0.39, 0.29) is 0 Å². The number of hydrogen-bond acceptors (Lipinski definition) is 7. The molecule has 36 heavy (non-hydrogen) atoms. The van der Waals surface area contributed by atoms with Gasteiger partial charge in [-0.1, -0.05) is 54.6 Å². The molecule has 5 unspecified atom stereocenters. The van der Waals surface area contributed by atoms with Crippen LogP contribution in [0.2, 0.25) is 0 Å². The third kappa shape index (κ3) is 5.31. The van der Waals surface area contributed by atoms with E-state index in [0.717, 1.165) is 0 Å². The fourth-order valence-electron chi connectivity index (χ4n) is 4.15. The van der Waals surface area contributed by atoms with Crippen LogP contribution in [0.1, 0.15) is 51.8 Å². The summed E-state index contributed by atoms with van der Waals surface area (Å²) in [5.41, 5.74) is -0.283. The third-order valence-corrected chi connectivity index (χ3v) is 6.36. The Labute approximate surface area is 209 Å². The van der Waals surface area contributed by atoms with Crippen molar-refractivity contribution in [3.63, 3.8) is 0 Å². The fraction of sp³-hybridized carbons (Fsp3) is 0.276. The van der Waals surface area contributed by atoms with E-state index in [4.69, 9.17) is 18.9 Å². The van der Waals surface area contributed by atoms with Crippen molar-refractivity contribution in [1.29, 1.82) is 0 Å². The maximum atomic E-state index is 13.0. The lowest BCUT2D eigenvalue weighted by Crippen LogP contribution is -2.52. The van der Waals surface area contributed by atoms with Crippen LogP contribution in [0.4, 0.5) is 0 Å². The van der Waals surface area contributed by atoms with Gasteiger partial charge >= 0.3 is 17.9 Å². The van der Waals surface area contributed by atoms with Gasteiger partial charge in [-0.05, 0) is 57.2 Å². The summed E-state index contributed by atoms with van der Waals surface area (Å²) in [7, 11) is 0. The zero-order valence-corrected chi connectivity index (χ0v) is 20.3. The summed E-state index contributed by atoms with van der Waals surface area (Å²) in [6.07, 6.45) is -3.41. The summed E-state index contributed by atoms with van der Waals surface area (Å²) >= 11 is 0. The zero-order valence-electron chi connectivity index (χ0n) is 20.3.